The molecule has 0 aliphatic heterocycles. The van der Waals surface area contributed by atoms with Crippen LogP contribution in [0, 0.1) is 0 Å². The topological polar surface area (TPSA) is 120 Å². The molecule has 0 fully saturated rings. The molecule has 0 bridgehead atoms. The highest BCUT2D eigenvalue weighted by Gasteiger charge is 2.13. The van der Waals surface area contributed by atoms with Gasteiger partial charge in [-0.05, 0) is 31.4 Å². The van der Waals surface area contributed by atoms with E-state index in [0.29, 0.717) is 25.9 Å². The number of rotatable bonds is 9. The monoisotopic (exact) mass is 277 g/mol. The Morgan fingerprint density at radius 1 is 1.20 bits per heavy atom. The van der Waals surface area contributed by atoms with Gasteiger partial charge in [-0.1, -0.05) is 30.3 Å². The quantitative estimate of drug-likeness (QED) is 0.282. The van der Waals surface area contributed by atoms with Gasteiger partial charge in [0, 0.05) is 6.54 Å². The molecule has 0 saturated heterocycles. The van der Waals surface area contributed by atoms with Crippen LogP contribution in [0.3, 0.4) is 0 Å². The molecule has 0 radical (unpaired) electrons. The maximum absolute atomic E-state index is 11.3. The summed E-state index contributed by atoms with van der Waals surface area (Å²) in [6.45, 7) is 1.21. The normalized spacial score (nSPS) is 11.8. The van der Waals surface area contributed by atoms with Gasteiger partial charge in [-0.15, -0.1) is 0 Å². The summed E-state index contributed by atoms with van der Waals surface area (Å²) in [7, 11) is 0. The summed E-state index contributed by atoms with van der Waals surface area (Å²) in [5.74, 6) is -0.277. The van der Waals surface area contributed by atoms with E-state index in [1.807, 2.05) is 18.2 Å². The lowest BCUT2D eigenvalue weighted by Gasteiger charge is -2.14. The zero-order chi connectivity index (χ0) is 14.8. The van der Waals surface area contributed by atoms with E-state index in [4.69, 9.17) is 17.2 Å². The van der Waals surface area contributed by atoms with Gasteiger partial charge in [0.1, 0.15) is 0 Å². The van der Waals surface area contributed by atoms with Crippen molar-refractivity contribution in [2.75, 3.05) is 13.1 Å². The second kappa shape index (κ2) is 8.92. The van der Waals surface area contributed by atoms with Gasteiger partial charge in [0.05, 0.1) is 6.04 Å². The Hall–Kier alpha value is -2.08. The van der Waals surface area contributed by atoms with Crippen molar-refractivity contribution in [2.45, 2.75) is 25.3 Å². The van der Waals surface area contributed by atoms with Crippen LogP contribution in [-0.2, 0) is 11.2 Å². The number of aliphatic imine (C=N–C) groups is 1. The van der Waals surface area contributed by atoms with E-state index in [9.17, 15) is 4.79 Å². The predicted octanol–water partition coefficient (Wildman–Crippen LogP) is -0.274. The third kappa shape index (κ3) is 6.75. The number of hydrogen-bond donors (Lipinski definition) is 4. The summed E-state index contributed by atoms with van der Waals surface area (Å²) in [5.41, 5.74) is 17.1. The highest BCUT2D eigenvalue weighted by atomic mass is 16.1. The first kappa shape index (κ1) is 16.0. The molecule has 6 heteroatoms. The summed E-state index contributed by atoms with van der Waals surface area (Å²) in [6.07, 6.45) is 2.20. The van der Waals surface area contributed by atoms with E-state index in [1.165, 1.54) is 5.56 Å². The average molecular weight is 277 g/mol. The highest BCUT2D eigenvalue weighted by Crippen LogP contribution is 2.01. The van der Waals surface area contributed by atoms with Crippen molar-refractivity contribution >= 4 is 11.9 Å². The van der Waals surface area contributed by atoms with Crippen LogP contribution in [-0.4, -0.2) is 31.0 Å². The van der Waals surface area contributed by atoms with Crippen LogP contribution in [0.1, 0.15) is 18.4 Å². The summed E-state index contributed by atoms with van der Waals surface area (Å²) in [4.78, 5) is 15.2. The summed E-state index contributed by atoms with van der Waals surface area (Å²) >= 11 is 0. The SMILES string of the molecule is NC(=O)[C@H](CCCN=C(N)N)NCCc1ccccc1. The zero-order valence-corrected chi connectivity index (χ0v) is 11.6. The second-order valence-corrected chi connectivity index (χ2v) is 4.59. The lowest BCUT2D eigenvalue weighted by molar-refractivity contribution is -0.120. The Labute approximate surface area is 119 Å². The number of carbonyl (C=O) groups is 1. The van der Waals surface area contributed by atoms with Crippen molar-refractivity contribution in [1.82, 2.24) is 5.32 Å². The largest absolute Gasteiger partial charge is 0.370 e. The van der Waals surface area contributed by atoms with Gasteiger partial charge in [-0.25, -0.2) is 0 Å². The first-order valence-electron chi connectivity index (χ1n) is 6.71. The van der Waals surface area contributed by atoms with Crippen molar-refractivity contribution < 1.29 is 4.79 Å². The standard InChI is InChI=1S/C14H23N5O/c15-13(20)12(7-4-9-19-14(16)17)18-10-8-11-5-2-1-3-6-11/h1-3,5-6,12,18H,4,7-10H2,(H2,15,20)(H4,16,17,19)/t12-/m0/s1. The number of nitrogens with one attached hydrogen (secondary N) is 1. The third-order valence-electron chi connectivity index (χ3n) is 2.94. The van der Waals surface area contributed by atoms with Crippen molar-refractivity contribution in [1.29, 1.82) is 0 Å². The maximum atomic E-state index is 11.3. The van der Waals surface area contributed by atoms with Gasteiger partial charge in [-0.3, -0.25) is 9.79 Å². The van der Waals surface area contributed by atoms with Gasteiger partial charge in [0.2, 0.25) is 5.91 Å². The molecule has 1 aromatic carbocycles. The molecular formula is C14H23N5O. The molecule has 1 amide bonds. The smallest absolute Gasteiger partial charge is 0.234 e. The van der Waals surface area contributed by atoms with Gasteiger partial charge in [-0.2, -0.15) is 0 Å². The molecular weight excluding hydrogens is 254 g/mol. The molecule has 1 rings (SSSR count). The molecule has 6 nitrogen and oxygen atoms in total. The minimum absolute atomic E-state index is 0.0673. The third-order valence-corrected chi connectivity index (χ3v) is 2.94. The van der Waals surface area contributed by atoms with Crippen LogP contribution in [0.4, 0.5) is 0 Å². The predicted molar refractivity (Wildman–Crippen MR) is 81.0 cm³/mol. The molecule has 7 N–H and O–H groups in total. The number of carbonyl (C=O) groups excluding carboxylic acids is 1. The Balaban J connectivity index is 2.28. The molecule has 0 aliphatic rings. The summed E-state index contributed by atoms with van der Waals surface area (Å²) in [6, 6.07) is 9.74. The van der Waals surface area contributed by atoms with Crippen LogP contribution < -0.4 is 22.5 Å². The molecule has 1 atom stereocenters. The number of nitrogens with zero attached hydrogens (tertiary/aromatic N) is 1. The van der Waals surface area contributed by atoms with Crippen LogP contribution in [0.2, 0.25) is 0 Å². The van der Waals surface area contributed by atoms with Gasteiger partial charge in [0.25, 0.3) is 0 Å². The fourth-order valence-corrected chi connectivity index (χ4v) is 1.88. The first-order valence-corrected chi connectivity index (χ1v) is 6.71. The van der Waals surface area contributed by atoms with Crippen molar-refractivity contribution in [3.63, 3.8) is 0 Å². The second-order valence-electron chi connectivity index (χ2n) is 4.59. The summed E-state index contributed by atoms with van der Waals surface area (Å²) in [5, 5.41) is 3.17. The fraction of sp³-hybridized carbons (Fsp3) is 0.429. The molecule has 0 heterocycles. The van der Waals surface area contributed by atoms with E-state index in [2.05, 4.69) is 22.4 Å². The Kier molecular flexibility index (Phi) is 7.13. The minimum Gasteiger partial charge on any atom is -0.370 e. The number of primary amides is 1. The summed E-state index contributed by atoms with van der Waals surface area (Å²) < 4.78 is 0. The number of guanidine groups is 1. The lowest BCUT2D eigenvalue weighted by Crippen LogP contribution is -2.42. The first-order chi connectivity index (χ1) is 9.59. The van der Waals surface area contributed by atoms with Gasteiger partial charge >= 0.3 is 0 Å². The number of benzene rings is 1. The molecule has 110 valence electrons. The molecule has 1 aromatic rings. The molecule has 0 saturated carbocycles. The average Bonchev–Trinajstić information content (AvgIpc) is 2.42. The van der Waals surface area contributed by atoms with Crippen LogP contribution in [0.25, 0.3) is 0 Å². The van der Waals surface area contributed by atoms with Crippen molar-refractivity contribution in [3.8, 4) is 0 Å². The molecule has 0 unspecified atom stereocenters. The Bertz CT molecular complexity index is 428. The van der Waals surface area contributed by atoms with E-state index in [0.717, 1.165) is 6.42 Å². The zero-order valence-electron chi connectivity index (χ0n) is 11.6. The number of nitrogens with two attached hydrogens (primary N) is 3. The minimum atomic E-state index is -0.345. The number of amides is 1. The molecule has 0 aliphatic carbocycles. The fourth-order valence-electron chi connectivity index (χ4n) is 1.88. The molecule has 0 aromatic heterocycles. The highest BCUT2D eigenvalue weighted by molar-refractivity contribution is 5.79. The van der Waals surface area contributed by atoms with Gasteiger partial charge < -0.3 is 22.5 Å². The van der Waals surface area contributed by atoms with Gasteiger partial charge in [0.15, 0.2) is 5.96 Å². The Morgan fingerprint density at radius 3 is 2.50 bits per heavy atom. The Morgan fingerprint density at radius 2 is 1.90 bits per heavy atom. The molecule has 0 spiro atoms. The van der Waals surface area contributed by atoms with E-state index >= 15 is 0 Å². The molecule has 20 heavy (non-hydrogen) atoms. The number of hydrogen-bond acceptors (Lipinski definition) is 3. The van der Waals surface area contributed by atoms with Crippen molar-refractivity contribution in [2.24, 2.45) is 22.2 Å². The van der Waals surface area contributed by atoms with E-state index in [1.54, 1.807) is 0 Å². The maximum Gasteiger partial charge on any atom is 0.234 e. The van der Waals surface area contributed by atoms with Crippen LogP contribution in [0.15, 0.2) is 35.3 Å². The van der Waals surface area contributed by atoms with Crippen molar-refractivity contribution in [3.05, 3.63) is 35.9 Å². The van der Waals surface area contributed by atoms with E-state index < -0.39 is 0 Å². The van der Waals surface area contributed by atoms with Crippen LogP contribution >= 0.6 is 0 Å². The lowest BCUT2D eigenvalue weighted by atomic mass is 10.1. The van der Waals surface area contributed by atoms with E-state index in [-0.39, 0.29) is 17.9 Å². The van der Waals surface area contributed by atoms with Crippen LogP contribution in [0.5, 0.6) is 0 Å².